The first-order valence-corrected chi connectivity index (χ1v) is 12.6. The highest BCUT2D eigenvalue weighted by molar-refractivity contribution is 6.06. The fraction of sp³-hybridized carbons (Fsp3) is 0.538. The second-order valence-corrected chi connectivity index (χ2v) is 9.90. The third-order valence-corrected chi connectivity index (χ3v) is 7.45. The highest BCUT2D eigenvalue weighted by Crippen LogP contribution is 2.41. The Morgan fingerprint density at radius 1 is 1.09 bits per heavy atom. The van der Waals surface area contributed by atoms with Crippen molar-refractivity contribution in [2.45, 2.75) is 38.5 Å². The molecule has 178 valence electrons. The van der Waals surface area contributed by atoms with Crippen LogP contribution in [0.5, 0.6) is 0 Å². The maximum Gasteiger partial charge on any atom is 0.254 e. The number of fused-ring (bicyclic) bond motifs is 1. The maximum absolute atomic E-state index is 13.8. The van der Waals surface area contributed by atoms with Crippen LogP contribution in [-0.4, -0.2) is 81.4 Å². The van der Waals surface area contributed by atoms with Crippen LogP contribution in [0.4, 0.5) is 0 Å². The molecule has 1 amide bonds. The maximum atomic E-state index is 13.8. The van der Waals surface area contributed by atoms with Crippen molar-refractivity contribution in [2.75, 3.05) is 45.9 Å². The number of ether oxygens (including phenoxy) is 1. The van der Waals surface area contributed by atoms with E-state index in [-0.39, 0.29) is 5.91 Å². The predicted octanol–water partition coefficient (Wildman–Crippen LogP) is 3.19. The summed E-state index contributed by atoms with van der Waals surface area (Å²) in [5.41, 5.74) is 3.32. The fourth-order valence-corrected chi connectivity index (χ4v) is 5.34. The summed E-state index contributed by atoms with van der Waals surface area (Å²) < 4.78 is 7.28. The van der Waals surface area contributed by atoms with Crippen LogP contribution < -0.4 is 0 Å². The first-order chi connectivity index (χ1) is 16.7. The van der Waals surface area contributed by atoms with Crippen LogP contribution in [-0.2, 0) is 4.74 Å². The summed E-state index contributed by atoms with van der Waals surface area (Å²) in [6.07, 6.45) is 6.14. The first-order valence-electron chi connectivity index (χ1n) is 12.6. The highest BCUT2D eigenvalue weighted by atomic mass is 16.5. The zero-order chi connectivity index (χ0) is 23.1. The molecule has 6 rings (SSSR count). The van der Waals surface area contributed by atoms with Crippen molar-refractivity contribution in [3.05, 3.63) is 47.4 Å². The molecule has 3 aromatic heterocycles. The van der Waals surface area contributed by atoms with E-state index >= 15 is 0 Å². The Balaban J connectivity index is 1.27. The number of carbonyl (C=O) groups excluding carboxylic acids is 1. The Morgan fingerprint density at radius 2 is 1.88 bits per heavy atom. The summed E-state index contributed by atoms with van der Waals surface area (Å²) in [4.78, 5) is 27.8. The van der Waals surface area contributed by atoms with Gasteiger partial charge in [-0.3, -0.25) is 9.69 Å². The Morgan fingerprint density at radius 3 is 2.59 bits per heavy atom. The Kier molecular flexibility index (Phi) is 5.79. The number of amides is 1. The third-order valence-electron chi connectivity index (χ3n) is 7.45. The molecule has 3 aromatic rings. The molecule has 8 nitrogen and oxygen atoms in total. The molecule has 2 aliphatic heterocycles. The van der Waals surface area contributed by atoms with Gasteiger partial charge >= 0.3 is 0 Å². The minimum absolute atomic E-state index is 0.114. The molecular weight excluding hydrogens is 428 g/mol. The number of hydrogen-bond donors (Lipinski definition) is 0. The zero-order valence-electron chi connectivity index (χ0n) is 19.8. The topological polar surface area (TPSA) is 76.4 Å². The van der Waals surface area contributed by atoms with Crippen LogP contribution in [0.3, 0.4) is 0 Å². The number of carbonyl (C=O) groups is 1. The van der Waals surface area contributed by atoms with E-state index in [1.165, 1.54) is 0 Å². The van der Waals surface area contributed by atoms with Gasteiger partial charge in [-0.25, -0.2) is 9.97 Å². The molecule has 3 fully saturated rings. The van der Waals surface area contributed by atoms with Gasteiger partial charge in [0.2, 0.25) is 0 Å². The van der Waals surface area contributed by atoms with Gasteiger partial charge in [-0.15, -0.1) is 0 Å². The summed E-state index contributed by atoms with van der Waals surface area (Å²) in [6.45, 7) is 8.43. The molecule has 0 radical (unpaired) electrons. The second kappa shape index (κ2) is 9.07. The number of likely N-dealkylation sites (tertiary alicyclic amines) is 1. The van der Waals surface area contributed by atoms with Crippen molar-refractivity contribution in [3.63, 3.8) is 0 Å². The number of nitrogens with zero attached hydrogens (tertiary/aromatic N) is 6. The van der Waals surface area contributed by atoms with Gasteiger partial charge < -0.3 is 9.64 Å². The number of aromatic nitrogens is 4. The first kappa shape index (κ1) is 21.7. The average Bonchev–Trinajstić information content (AvgIpc) is 3.68. The van der Waals surface area contributed by atoms with Crippen molar-refractivity contribution < 1.29 is 9.53 Å². The number of morpholine rings is 1. The molecule has 1 saturated carbocycles. The van der Waals surface area contributed by atoms with Crippen LogP contribution in [0.25, 0.3) is 16.9 Å². The quantitative estimate of drug-likeness (QED) is 0.582. The van der Waals surface area contributed by atoms with Gasteiger partial charge in [0.15, 0.2) is 11.5 Å². The molecule has 0 N–H and O–H groups in total. The van der Waals surface area contributed by atoms with E-state index in [1.54, 1.807) is 10.9 Å². The molecule has 1 aliphatic carbocycles. The lowest BCUT2D eigenvalue weighted by Gasteiger charge is -2.36. The van der Waals surface area contributed by atoms with Gasteiger partial charge in [0, 0.05) is 50.5 Å². The van der Waals surface area contributed by atoms with Crippen molar-refractivity contribution in [3.8, 4) is 5.82 Å². The summed E-state index contributed by atoms with van der Waals surface area (Å²) in [5, 5.41) is 5.61. The third kappa shape index (κ3) is 4.20. The number of pyridine rings is 2. The Labute approximate surface area is 199 Å². The van der Waals surface area contributed by atoms with Gasteiger partial charge in [0.05, 0.1) is 29.9 Å². The van der Waals surface area contributed by atoms with Gasteiger partial charge in [0.1, 0.15) is 0 Å². The van der Waals surface area contributed by atoms with Crippen LogP contribution in [0, 0.1) is 12.8 Å². The van der Waals surface area contributed by atoms with Gasteiger partial charge in [-0.2, -0.15) is 9.78 Å². The summed E-state index contributed by atoms with van der Waals surface area (Å²) in [7, 11) is 0. The number of piperidine rings is 1. The van der Waals surface area contributed by atoms with Gasteiger partial charge in [-0.05, 0) is 56.7 Å². The van der Waals surface area contributed by atoms with E-state index in [0.29, 0.717) is 11.8 Å². The molecule has 0 bridgehead atoms. The zero-order valence-corrected chi connectivity index (χ0v) is 19.8. The molecule has 8 heteroatoms. The van der Waals surface area contributed by atoms with Crippen molar-refractivity contribution in [2.24, 2.45) is 5.92 Å². The molecule has 3 aliphatic rings. The lowest BCUT2D eigenvalue weighted by molar-refractivity contribution is 0.0243. The summed E-state index contributed by atoms with van der Waals surface area (Å²) in [5.74, 6) is 1.93. The van der Waals surface area contributed by atoms with E-state index in [9.17, 15) is 4.79 Å². The molecule has 5 heterocycles. The Bertz CT molecular complexity index is 1170. The number of hydrogen-bond acceptors (Lipinski definition) is 6. The predicted molar refractivity (Wildman–Crippen MR) is 129 cm³/mol. The van der Waals surface area contributed by atoms with E-state index in [1.807, 2.05) is 36.1 Å². The summed E-state index contributed by atoms with van der Waals surface area (Å²) >= 11 is 0. The van der Waals surface area contributed by atoms with Crippen LogP contribution in [0.2, 0.25) is 0 Å². The van der Waals surface area contributed by atoms with Crippen molar-refractivity contribution in [1.82, 2.24) is 29.5 Å². The largest absolute Gasteiger partial charge is 0.379 e. The van der Waals surface area contributed by atoms with E-state index in [2.05, 4.69) is 9.88 Å². The monoisotopic (exact) mass is 460 g/mol. The number of rotatable bonds is 5. The second-order valence-electron chi connectivity index (χ2n) is 9.90. The van der Waals surface area contributed by atoms with Crippen molar-refractivity contribution in [1.29, 1.82) is 0 Å². The van der Waals surface area contributed by atoms with Crippen LogP contribution >= 0.6 is 0 Å². The Hall–Kier alpha value is -2.84. The van der Waals surface area contributed by atoms with Gasteiger partial charge in [0.25, 0.3) is 5.91 Å². The molecule has 2 saturated heterocycles. The SMILES string of the molecule is Cc1nn(-c2ccccn2)c2nc(C3CC3)cc(C(=O)N3CCC(CN4CCOCC4)CC3)c12. The minimum Gasteiger partial charge on any atom is -0.379 e. The van der Waals surface area contributed by atoms with Crippen LogP contribution in [0.1, 0.15) is 53.3 Å². The van der Waals surface area contributed by atoms with Gasteiger partial charge in [-0.1, -0.05) is 6.07 Å². The molecule has 0 unspecified atom stereocenters. The lowest BCUT2D eigenvalue weighted by Crippen LogP contribution is -2.44. The standard InChI is InChI=1S/C26H32N6O2/c1-18-24-21(26(33)31-10-7-19(8-11-31)17-30-12-14-34-15-13-30)16-22(20-5-6-20)28-25(24)32(29-18)23-4-2-3-9-27-23/h2-4,9,16,19-20H,5-8,10-15,17H2,1H3. The normalized spacial score (nSPS) is 20.2. The van der Waals surface area contributed by atoms with Crippen LogP contribution in [0.15, 0.2) is 30.5 Å². The lowest BCUT2D eigenvalue weighted by atomic mass is 9.95. The molecule has 34 heavy (non-hydrogen) atoms. The van der Waals surface area contributed by atoms with Crippen molar-refractivity contribution >= 4 is 16.9 Å². The minimum atomic E-state index is 0.114. The number of aryl methyl sites for hydroxylation is 1. The molecule has 0 spiro atoms. The molecular formula is C26H32N6O2. The fourth-order valence-electron chi connectivity index (χ4n) is 5.34. The smallest absolute Gasteiger partial charge is 0.254 e. The molecule has 0 atom stereocenters. The van der Waals surface area contributed by atoms with E-state index in [4.69, 9.17) is 14.8 Å². The highest BCUT2D eigenvalue weighted by Gasteiger charge is 2.32. The summed E-state index contributed by atoms with van der Waals surface area (Å²) in [6, 6.07) is 7.81. The molecule has 0 aromatic carbocycles. The van der Waals surface area contributed by atoms with E-state index in [0.717, 1.165) is 105 Å². The average molecular weight is 461 g/mol. The van der Waals surface area contributed by atoms with E-state index < -0.39 is 0 Å².